The Balaban J connectivity index is 1.96. The van der Waals surface area contributed by atoms with Gasteiger partial charge in [0.2, 0.25) is 5.91 Å². The van der Waals surface area contributed by atoms with Gasteiger partial charge < -0.3 is 15.0 Å². The van der Waals surface area contributed by atoms with E-state index in [1.165, 1.54) is 0 Å². The van der Waals surface area contributed by atoms with Crippen molar-refractivity contribution in [1.82, 2.24) is 9.88 Å². The summed E-state index contributed by atoms with van der Waals surface area (Å²) in [4.78, 5) is 18.2. The molecule has 1 aromatic carbocycles. The molecule has 1 N–H and O–H groups in total. The molecular formula is C17H18ClN3O2. The van der Waals surface area contributed by atoms with Gasteiger partial charge in [0.1, 0.15) is 5.75 Å². The van der Waals surface area contributed by atoms with Crippen LogP contribution in [-0.4, -0.2) is 29.4 Å². The highest BCUT2D eigenvalue weighted by Gasteiger charge is 2.25. The van der Waals surface area contributed by atoms with Crippen molar-refractivity contribution in [1.29, 1.82) is 0 Å². The Morgan fingerprint density at radius 1 is 1.35 bits per heavy atom. The number of nitrogens with zero attached hydrogens (tertiary/aromatic N) is 2. The molecule has 0 radical (unpaired) electrons. The predicted molar refractivity (Wildman–Crippen MR) is 90.3 cm³/mol. The second-order valence-electron chi connectivity index (χ2n) is 5.34. The summed E-state index contributed by atoms with van der Waals surface area (Å²) in [5, 5.41) is 3.95. The molecule has 5 nitrogen and oxygen atoms in total. The topological polar surface area (TPSA) is 54.5 Å². The molecule has 0 spiro atoms. The second kappa shape index (κ2) is 6.46. The third-order valence-electron chi connectivity index (χ3n) is 3.99. The number of hydrogen-bond acceptors (Lipinski definition) is 4. The Hall–Kier alpha value is -2.27. The average Bonchev–Trinajstić information content (AvgIpc) is 2.56. The van der Waals surface area contributed by atoms with E-state index in [-0.39, 0.29) is 5.91 Å². The molecule has 0 saturated carbocycles. The fourth-order valence-corrected chi connectivity index (χ4v) is 2.84. The summed E-state index contributed by atoms with van der Waals surface area (Å²) in [7, 11) is 1.62. The lowest BCUT2D eigenvalue weighted by molar-refractivity contribution is -0.131. The minimum atomic E-state index is 0.115. The molecule has 1 amide bonds. The van der Waals surface area contributed by atoms with Crippen LogP contribution in [0.4, 0.5) is 11.4 Å². The number of aromatic nitrogens is 1. The van der Waals surface area contributed by atoms with Crippen molar-refractivity contribution < 1.29 is 9.53 Å². The summed E-state index contributed by atoms with van der Waals surface area (Å²) in [6.45, 7) is 3.22. The third kappa shape index (κ3) is 3.10. The molecule has 6 heteroatoms. The second-order valence-corrected chi connectivity index (χ2v) is 5.75. The molecule has 23 heavy (non-hydrogen) atoms. The van der Waals surface area contributed by atoms with Crippen LogP contribution in [0.1, 0.15) is 18.2 Å². The first kappa shape index (κ1) is 15.6. The van der Waals surface area contributed by atoms with Crippen LogP contribution in [0.5, 0.6) is 5.75 Å². The largest absolute Gasteiger partial charge is 0.497 e. The van der Waals surface area contributed by atoms with E-state index in [9.17, 15) is 4.79 Å². The zero-order valence-electron chi connectivity index (χ0n) is 13.1. The fraction of sp³-hybridized carbons (Fsp3) is 0.294. The molecule has 0 aliphatic carbocycles. The zero-order valence-corrected chi connectivity index (χ0v) is 13.9. The molecule has 0 fully saturated rings. The highest BCUT2D eigenvalue weighted by Crippen LogP contribution is 2.32. The van der Waals surface area contributed by atoms with Gasteiger partial charge in [-0.25, -0.2) is 0 Å². The number of halogens is 1. The van der Waals surface area contributed by atoms with Gasteiger partial charge >= 0.3 is 0 Å². The van der Waals surface area contributed by atoms with Crippen molar-refractivity contribution in [2.45, 2.75) is 19.9 Å². The molecule has 120 valence electrons. The van der Waals surface area contributed by atoms with Crippen molar-refractivity contribution in [2.75, 3.05) is 19.0 Å². The molecule has 0 atom stereocenters. The molecule has 0 bridgehead atoms. The number of hydrogen-bond donors (Lipinski definition) is 1. The van der Waals surface area contributed by atoms with Gasteiger partial charge in [-0.3, -0.25) is 9.78 Å². The van der Waals surface area contributed by atoms with E-state index in [4.69, 9.17) is 16.3 Å². The van der Waals surface area contributed by atoms with Gasteiger partial charge in [0.05, 0.1) is 29.9 Å². The number of ether oxygens (including phenoxy) is 1. The van der Waals surface area contributed by atoms with Gasteiger partial charge in [0, 0.05) is 36.6 Å². The molecule has 3 rings (SSSR count). The molecule has 0 unspecified atom stereocenters. The van der Waals surface area contributed by atoms with Crippen molar-refractivity contribution in [2.24, 2.45) is 0 Å². The maximum Gasteiger partial charge on any atom is 0.228 e. The first-order valence-electron chi connectivity index (χ1n) is 7.47. The molecule has 1 aliphatic heterocycles. The van der Waals surface area contributed by atoms with Crippen LogP contribution in [0.3, 0.4) is 0 Å². The van der Waals surface area contributed by atoms with E-state index < -0.39 is 0 Å². The summed E-state index contributed by atoms with van der Waals surface area (Å²) in [5.74, 6) is 0.842. The summed E-state index contributed by atoms with van der Waals surface area (Å²) >= 11 is 6.27. The highest BCUT2D eigenvalue weighted by atomic mass is 35.5. The van der Waals surface area contributed by atoms with Crippen molar-refractivity contribution in [3.05, 3.63) is 46.7 Å². The number of fused-ring (bicyclic) bond motifs is 1. The Bertz CT molecular complexity index is 749. The van der Waals surface area contributed by atoms with Crippen molar-refractivity contribution in [3.8, 4) is 5.75 Å². The van der Waals surface area contributed by atoms with Gasteiger partial charge in [-0.15, -0.1) is 0 Å². The SMILES string of the molecule is CCN1Cc2c(Nc3cc(OC)ccc3Cl)ccnc2CC1=O. The Labute approximate surface area is 140 Å². The van der Waals surface area contributed by atoms with Gasteiger partial charge in [-0.05, 0) is 25.1 Å². The summed E-state index contributed by atoms with van der Waals surface area (Å²) < 4.78 is 5.24. The lowest BCUT2D eigenvalue weighted by Gasteiger charge is -2.28. The third-order valence-corrected chi connectivity index (χ3v) is 4.32. The van der Waals surface area contributed by atoms with Crippen molar-refractivity contribution >= 4 is 28.9 Å². The maximum absolute atomic E-state index is 12.0. The van der Waals surface area contributed by atoms with Gasteiger partial charge in [-0.2, -0.15) is 0 Å². The van der Waals surface area contributed by atoms with Gasteiger partial charge in [0.25, 0.3) is 0 Å². The van der Waals surface area contributed by atoms with E-state index in [0.717, 1.165) is 28.4 Å². The van der Waals surface area contributed by atoms with E-state index in [2.05, 4.69) is 10.3 Å². The molecule has 1 aromatic heterocycles. The Morgan fingerprint density at radius 3 is 2.91 bits per heavy atom. The summed E-state index contributed by atoms with van der Waals surface area (Å²) in [5.41, 5.74) is 3.53. The minimum Gasteiger partial charge on any atom is -0.497 e. The first-order chi connectivity index (χ1) is 11.1. The number of carbonyl (C=O) groups is 1. The van der Waals surface area contributed by atoms with Crippen LogP contribution in [0.2, 0.25) is 5.02 Å². The number of likely N-dealkylation sites (N-methyl/N-ethyl adjacent to an activating group) is 1. The van der Waals surface area contributed by atoms with Crippen molar-refractivity contribution in [3.63, 3.8) is 0 Å². The number of amides is 1. The predicted octanol–water partition coefficient (Wildman–Crippen LogP) is 3.39. The standard InChI is InChI=1S/C17H18ClN3O2/c1-3-21-10-12-14(6-7-19-15(12)9-17(21)22)20-16-8-11(23-2)4-5-13(16)18/h4-8H,3,9-10H2,1-2H3,(H,19,20). The molecule has 1 aliphatic rings. The maximum atomic E-state index is 12.0. The van der Waals surface area contributed by atoms with E-state index in [0.29, 0.717) is 24.5 Å². The number of methoxy groups -OCH3 is 1. The van der Waals surface area contributed by atoms with Crippen LogP contribution < -0.4 is 10.1 Å². The summed E-state index contributed by atoms with van der Waals surface area (Å²) in [6.07, 6.45) is 2.05. The number of anilines is 2. The number of carbonyl (C=O) groups excluding carboxylic acids is 1. The van der Waals surface area contributed by atoms with Crippen LogP contribution >= 0.6 is 11.6 Å². The molecule has 2 aromatic rings. The number of pyridine rings is 1. The minimum absolute atomic E-state index is 0.115. The Kier molecular flexibility index (Phi) is 4.39. The number of nitrogens with one attached hydrogen (secondary N) is 1. The fourth-order valence-electron chi connectivity index (χ4n) is 2.68. The zero-order chi connectivity index (χ0) is 16.4. The number of benzene rings is 1. The van der Waals surface area contributed by atoms with Crippen LogP contribution in [-0.2, 0) is 17.8 Å². The highest BCUT2D eigenvalue weighted by molar-refractivity contribution is 6.33. The summed E-state index contributed by atoms with van der Waals surface area (Å²) in [6, 6.07) is 7.35. The van der Waals surface area contributed by atoms with Crippen LogP contribution in [0.15, 0.2) is 30.5 Å². The normalized spacial score (nSPS) is 13.7. The van der Waals surface area contributed by atoms with Crippen LogP contribution in [0, 0.1) is 0 Å². The van der Waals surface area contributed by atoms with Crippen LogP contribution in [0.25, 0.3) is 0 Å². The monoisotopic (exact) mass is 331 g/mol. The Morgan fingerprint density at radius 2 is 2.17 bits per heavy atom. The van der Waals surface area contributed by atoms with Gasteiger partial charge in [0.15, 0.2) is 0 Å². The lowest BCUT2D eigenvalue weighted by Crippen LogP contribution is -2.36. The van der Waals surface area contributed by atoms with E-state index >= 15 is 0 Å². The molecular weight excluding hydrogens is 314 g/mol. The average molecular weight is 332 g/mol. The number of rotatable bonds is 4. The molecule has 2 heterocycles. The first-order valence-corrected chi connectivity index (χ1v) is 7.85. The quantitative estimate of drug-likeness (QED) is 0.933. The van der Waals surface area contributed by atoms with Gasteiger partial charge in [-0.1, -0.05) is 11.6 Å². The molecule has 0 saturated heterocycles. The van der Waals surface area contributed by atoms with E-state index in [1.807, 2.05) is 30.0 Å². The van der Waals surface area contributed by atoms with E-state index in [1.54, 1.807) is 19.4 Å². The lowest BCUT2D eigenvalue weighted by atomic mass is 10.0. The smallest absolute Gasteiger partial charge is 0.228 e.